The van der Waals surface area contributed by atoms with Gasteiger partial charge in [0, 0.05) is 6.54 Å². The second-order valence-electron chi connectivity index (χ2n) is 6.40. The number of aromatic nitrogens is 4. The zero-order valence-electron chi connectivity index (χ0n) is 14.1. The third kappa shape index (κ3) is 4.15. The molecule has 2 atom stereocenters. The number of aromatic amines is 1. The van der Waals surface area contributed by atoms with E-state index in [4.69, 9.17) is 10.5 Å². The van der Waals surface area contributed by atoms with E-state index in [9.17, 15) is 35.9 Å². The molecule has 0 bridgehead atoms. The molecule has 1 aliphatic heterocycles. The molecule has 1 fully saturated rings. The van der Waals surface area contributed by atoms with Crippen molar-refractivity contribution in [3.8, 4) is 0 Å². The number of alkyl halides is 6. The van der Waals surface area contributed by atoms with Crippen molar-refractivity contribution >= 4 is 17.1 Å². The molecule has 14 heteroatoms. The number of aryl methyl sites for hydroxylation is 1. The van der Waals surface area contributed by atoms with E-state index in [0.29, 0.717) is 4.57 Å². The third-order valence-electron chi connectivity index (χ3n) is 4.28. The second-order valence-corrected chi connectivity index (χ2v) is 6.40. The highest BCUT2D eigenvalue weighted by Gasteiger charge is 2.39. The lowest BCUT2D eigenvalue weighted by Crippen LogP contribution is -2.30. The third-order valence-corrected chi connectivity index (χ3v) is 4.28. The molecule has 2 aromatic rings. The van der Waals surface area contributed by atoms with Crippen molar-refractivity contribution in [2.75, 3.05) is 5.73 Å². The predicted octanol–water partition coefficient (Wildman–Crippen LogP) is 2.05. The average Bonchev–Trinajstić information content (AvgIpc) is 3.04. The normalized spacial score (nSPS) is 20.9. The van der Waals surface area contributed by atoms with Crippen molar-refractivity contribution in [1.82, 2.24) is 19.1 Å². The van der Waals surface area contributed by atoms with E-state index in [-0.39, 0.29) is 18.5 Å². The van der Waals surface area contributed by atoms with E-state index in [1.807, 2.05) is 0 Å². The van der Waals surface area contributed by atoms with Crippen LogP contribution in [0.3, 0.4) is 0 Å². The van der Waals surface area contributed by atoms with Gasteiger partial charge < -0.3 is 10.5 Å². The summed E-state index contributed by atoms with van der Waals surface area (Å²) in [5, 5.41) is 0. The molecule has 0 amide bonds. The maximum absolute atomic E-state index is 12.7. The van der Waals surface area contributed by atoms with Crippen LogP contribution in [0.25, 0.3) is 11.2 Å². The van der Waals surface area contributed by atoms with Crippen LogP contribution in [0.5, 0.6) is 0 Å². The molecule has 8 nitrogen and oxygen atoms in total. The van der Waals surface area contributed by atoms with Gasteiger partial charge in [0.1, 0.15) is 6.23 Å². The molecule has 0 saturated carbocycles. The fourth-order valence-electron chi connectivity index (χ4n) is 3.19. The van der Waals surface area contributed by atoms with Crippen molar-refractivity contribution in [3.05, 3.63) is 20.8 Å². The fourth-order valence-corrected chi connectivity index (χ4v) is 3.19. The highest BCUT2D eigenvalue weighted by molar-refractivity contribution is 5.71. The summed E-state index contributed by atoms with van der Waals surface area (Å²) in [5.41, 5.74) is 2.67. The minimum atomic E-state index is -4.59. The number of H-pyrrole nitrogens is 1. The van der Waals surface area contributed by atoms with Crippen LogP contribution in [0.2, 0.25) is 0 Å². The minimum Gasteiger partial charge on any atom is -0.369 e. The zero-order valence-corrected chi connectivity index (χ0v) is 14.1. The summed E-state index contributed by atoms with van der Waals surface area (Å²) >= 11 is 0. The van der Waals surface area contributed by atoms with Gasteiger partial charge in [0.05, 0.1) is 18.9 Å². The summed E-state index contributed by atoms with van der Waals surface area (Å²) in [6.07, 6.45) is -14.2. The Morgan fingerprint density at radius 1 is 1.14 bits per heavy atom. The Hall–Kier alpha value is -2.51. The lowest BCUT2D eigenvalue weighted by Gasteiger charge is -2.16. The molecule has 3 rings (SSSR count). The van der Waals surface area contributed by atoms with Crippen molar-refractivity contribution < 1.29 is 31.1 Å². The Labute approximate surface area is 151 Å². The van der Waals surface area contributed by atoms with Gasteiger partial charge in [0.2, 0.25) is 5.95 Å². The molecule has 0 aliphatic carbocycles. The molecular weight excluding hydrogens is 400 g/mol. The Balaban J connectivity index is 2.04. The Morgan fingerprint density at radius 2 is 1.82 bits per heavy atom. The number of ether oxygens (including phenoxy) is 1. The number of hydrogen-bond donors (Lipinski definition) is 2. The van der Waals surface area contributed by atoms with Crippen LogP contribution in [0.15, 0.2) is 9.59 Å². The molecule has 0 radical (unpaired) electrons. The van der Waals surface area contributed by atoms with Crippen LogP contribution in [0, 0.1) is 0 Å². The van der Waals surface area contributed by atoms with Gasteiger partial charge in [-0.2, -0.15) is 31.3 Å². The SMILES string of the molecule is Nc1nc2c(c(=O)[nH]1)n(CCC(F)(F)F)c(=O)n2C1CCC(CC(F)(F)F)O1. The zero-order chi connectivity index (χ0) is 20.9. The lowest BCUT2D eigenvalue weighted by molar-refractivity contribution is -0.162. The topological polar surface area (TPSA) is 108 Å². The molecule has 0 spiro atoms. The predicted molar refractivity (Wildman–Crippen MR) is 83.5 cm³/mol. The first kappa shape index (κ1) is 20.2. The number of fused-ring (bicyclic) bond motifs is 1. The first-order valence-corrected chi connectivity index (χ1v) is 8.15. The number of nitrogens with two attached hydrogens (primary N) is 1. The number of hydrogen-bond acceptors (Lipinski definition) is 5. The smallest absolute Gasteiger partial charge is 0.369 e. The fraction of sp³-hybridized carbons (Fsp3) is 0.643. The summed E-state index contributed by atoms with van der Waals surface area (Å²) in [6, 6.07) is 0. The van der Waals surface area contributed by atoms with Gasteiger partial charge in [-0.05, 0) is 12.8 Å². The van der Waals surface area contributed by atoms with E-state index in [1.54, 1.807) is 0 Å². The molecule has 28 heavy (non-hydrogen) atoms. The molecule has 3 heterocycles. The van der Waals surface area contributed by atoms with Crippen LogP contribution in [0.4, 0.5) is 32.3 Å². The molecule has 2 aromatic heterocycles. The van der Waals surface area contributed by atoms with E-state index in [0.717, 1.165) is 4.57 Å². The van der Waals surface area contributed by atoms with Crippen LogP contribution in [0.1, 0.15) is 31.9 Å². The molecule has 0 aromatic carbocycles. The Morgan fingerprint density at radius 3 is 2.43 bits per heavy atom. The van der Waals surface area contributed by atoms with Gasteiger partial charge in [-0.1, -0.05) is 0 Å². The van der Waals surface area contributed by atoms with E-state index in [1.165, 1.54) is 0 Å². The van der Waals surface area contributed by atoms with Gasteiger partial charge in [0.15, 0.2) is 11.2 Å². The summed E-state index contributed by atoms with van der Waals surface area (Å²) in [7, 11) is 0. The average molecular weight is 415 g/mol. The van der Waals surface area contributed by atoms with Gasteiger partial charge >= 0.3 is 18.0 Å². The quantitative estimate of drug-likeness (QED) is 0.744. The Bertz CT molecular complexity index is 989. The number of nitrogens with zero attached hydrogens (tertiary/aromatic N) is 3. The van der Waals surface area contributed by atoms with E-state index >= 15 is 0 Å². The van der Waals surface area contributed by atoms with Crippen LogP contribution < -0.4 is 17.0 Å². The molecule has 1 saturated heterocycles. The van der Waals surface area contributed by atoms with Crippen molar-refractivity contribution in [3.63, 3.8) is 0 Å². The van der Waals surface area contributed by atoms with E-state index < -0.39 is 66.8 Å². The van der Waals surface area contributed by atoms with Crippen LogP contribution in [-0.2, 0) is 11.3 Å². The molecular formula is C14H15F6N5O3. The molecule has 1 aliphatic rings. The number of imidazole rings is 1. The highest BCUT2D eigenvalue weighted by atomic mass is 19.4. The Kier molecular flexibility index (Phi) is 4.93. The number of rotatable bonds is 4. The molecule has 2 unspecified atom stereocenters. The van der Waals surface area contributed by atoms with Gasteiger partial charge in [-0.3, -0.25) is 14.3 Å². The van der Waals surface area contributed by atoms with Crippen LogP contribution >= 0.6 is 0 Å². The standard InChI is InChI=1S/C14H15F6N5O3/c15-13(16,17)3-4-24-8-9(22-11(21)23-10(8)26)25(12(24)27)7-2-1-6(28-7)5-14(18,19)20/h6-7H,1-5H2,(H3,21,22,23,26). The summed E-state index contributed by atoms with van der Waals surface area (Å²) in [5.74, 6) is -0.399. The maximum Gasteiger partial charge on any atom is 0.391 e. The number of anilines is 1. The van der Waals surface area contributed by atoms with Gasteiger partial charge in [-0.25, -0.2) is 9.36 Å². The number of halogens is 6. The van der Waals surface area contributed by atoms with Crippen LogP contribution in [-0.4, -0.2) is 37.6 Å². The molecule has 156 valence electrons. The van der Waals surface area contributed by atoms with Gasteiger partial charge in [0.25, 0.3) is 5.56 Å². The summed E-state index contributed by atoms with van der Waals surface area (Å²) in [4.78, 5) is 30.7. The highest BCUT2D eigenvalue weighted by Crippen LogP contribution is 2.35. The lowest BCUT2D eigenvalue weighted by atomic mass is 10.2. The summed E-state index contributed by atoms with van der Waals surface area (Å²) < 4.78 is 82.0. The van der Waals surface area contributed by atoms with Crippen molar-refractivity contribution in [1.29, 1.82) is 0 Å². The monoisotopic (exact) mass is 415 g/mol. The van der Waals surface area contributed by atoms with Gasteiger partial charge in [-0.15, -0.1) is 0 Å². The van der Waals surface area contributed by atoms with Crippen molar-refractivity contribution in [2.24, 2.45) is 0 Å². The van der Waals surface area contributed by atoms with E-state index in [2.05, 4.69) is 9.97 Å². The van der Waals surface area contributed by atoms with Crippen molar-refractivity contribution in [2.45, 2.75) is 56.9 Å². The first-order valence-electron chi connectivity index (χ1n) is 8.15. The number of nitrogen functional groups attached to an aromatic ring is 1. The number of nitrogens with one attached hydrogen (secondary N) is 1. The first-order chi connectivity index (χ1) is 12.9. The summed E-state index contributed by atoms with van der Waals surface area (Å²) in [6.45, 7) is -0.862. The molecule has 3 N–H and O–H groups in total. The maximum atomic E-state index is 12.7. The largest absolute Gasteiger partial charge is 0.391 e. The minimum absolute atomic E-state index is 0.00653. The second kappa shape index (κ2) is 6.83.